The monoisotopic (exact) mass is 646 g/mol. The molecule has 0 aromatic heterocycles. The highest BCUT2D eigenvalue weighted by atomic mass is 16.6. The van der Waals surface area contributed by atoms with E-state index in [1.54, 1.807) is 6.92 Å². The molecule has 19 unspecified atom stereocenters. The summed E-state index contributed by atoms with van der Waals surface area (Å²) >= 11 is 0. The molecule has 6 rings (SSSR count). The molecule has 0 aliphatic heterocycles. The van der Waals surface area contributed by atoms with E-state index in [1.807, 2.05) is 0 Å². The van der Waals surface area contributed by atoms with Gasteiger partial charge in [0.05, 0.1) is 42.5 Å². The lowest BCUT2D eigenvalue weighted by atomic mass is 9.42. The minimum absolute atomic E-state index is 0.272. The van der Waals surface area contributed by atoms with Crippen LogP contribution in [0.15, 0.2) is 0 Å². The highest BCUT2D eigenvalue weighted by Crippen LogP contribution is 2.62. The summed E-state index contributed by atoms with van der Waals surface area (Å²) in [6.45, 7) is 1.54. The lowest BCUT2D eigenvalue weighted by Gasteiger charge is -2.70. The molecule has 6 fully saturated rings. The van der Waals surface area contributed by atoms with Crippen LogP contribution in [0.5, 0.6) is 0 Å². The van der Waals surface area contributed by atoms with E-state index >= 15 is 0 Å². The van der Waals surface area contributed by atoms with Gasteiger partial charge in [-0.25, -0.2) is 0 Å². The van der Waals surface area contributed by atoms with Crippen LogP contribution in [0.25, 0.3) is 0 Å². The van der Waals surface area contributed by atoms with Crippen molar-refractivity contribution >= 4 is 0 Å². The molecular formula is C32H54O13. The van der Waals surface area contributed by atoms with Gasteiger partial charge in [0.15, 0.2) is 12.6 Å². The van der Waals surface area contributed by atoms with Gasteiger partial charge in [0.2, 0.25) is 0 Å². The summed E-state index contributed by atoms with van der Waals surface area (Å²) in [6, 6.07) is 0. The van der Waals surface area contributed by atoms with Crippen molar-refractivity contribution in [1.29, 1.82) is 0 Å². The summed E-state index contributed by atoms with van der Waals surface area (Å²) in [6.07, 6.45) is -8.18. The topological polar surface area (TPSA) is 252 Å². The molecule has 12 N–H and O–H groups in total. The average molecular weight is 647 g/mol. The van der Waals surface area contributed by atoms with E-state index in [2.05, 4.69) is 0 Å². The van der Waals surface area contributed by atoms with Crippen molar-refractivity contribution in [3.8, 4) is 0 Å². The van der Waals surface area contributed by atoms with Gasteiger partial charge in [0, 0.05) is 24.7 Å². The van der Waals surface area contributed by atoms with Gasteiger partial charge in [-0.05, 0) is 55.3 Å². The third-order valence-corrected chi connectivity index (χ3v) is 13.8. The predicted octanol–water partition coefficient (Wildman–Crippen LogP) is -2.32. The highest BCUT2D eigenvalue weighted by Gasteiger charge is 2.81. The summed E-state index contributed by atoms with van der Waals surface area (Å²) in [5.74, 6) is -4.79. The van der Waals surface area contributed by atoms with Crippen LogP contribution in [-0.4, -0.2) is 133 Å². The average Bonchev–Trinajstić information content (AvgIpc) is 2.98. The molecule has 45 heavy (non-hydrogen) atoms. The van der Waals surface area contributed by atoms with Crippen LogP contribution in [0.3, 0.4) is 0 Å². The Balaban J connectivity index is 1.24. The fourth-order valence-corrected chi connectivity index (χ4v) is 11.5. The zero-order valence-electron chi connectivity index (χ0n) is 25.9. The maximum Gasteiger partial charge on any atom is 0.159 e. The molecule has 6 aliphatic carbocycles. The molecule has 19 atom stereocenters. The zero-order chi connectivity index (χ0) is 32.8. The van der Waals surface area contributed by atoms with Gasteiger partial charge in [0.1, 0.15) is 22.9 Å². The number of aliphatic hydroxyl groups excluding tert-OH is 8. The molecule has 0 aromatic carbocycles. The summed E-state index contributed by atoms with van der Waals surface area (Å²) < 4.78 is 6.03. The van der Waals surface area contributed by atoms with Gasteiger partial charge in [-0.3, -0.25) is 0 Å². The molecule has 0 heterocycles. The Hall–Kier alpha value is -0.520. The Morgan fingerprint density at radius 3 is 2.11 bits per heavy atom. The molecule has 0 amide bonds. The van der Waals surface area contributed by atoms with Crippen molar-refractivity contribution in [3.05, 3.63) is 0 Å². The summed E-state index contributed by atoms with van der Waals surface area (Å²) in [5, 5.41) is 134. The maximum atomic E-state index is 12.1. The van der Waals surface area contributed by atoms with E-state index < -0.39 is 108 Å². The Morgan fingerprint density at radius 2 is 1.42 bits per heavy atom. The molecule has 6 aliphatic rings. The number of fused-ring (bicyclic) bond motifs is 4. The van der Waals surface area contributed by atoms with Gasteiger partial charge in [0.25, 0.3) is 0 Å². The van der Waals surface area contributed by atoms with Crippen molar-refractivity contribution in [3.63, 3.8) is 0 Å². The predicted molar refractivity (Wildman–Crippen MR) is 154 cm³/mol. The number of hydrogen-bond donors (Lipinski definition) is 12. The van der Waals surface area contributed by atoms with E-state index in [-0.39, 0.29) is 6.42 Å². The van der Waals surface area contributed by atoms with Crippen LogP contribution in [0.2, 0.25) is 0 Å². The van der Waals surface area contributed by atoms with Crippen LogP contribution in [0.1, 0.15) is 77.6 Å². The first-order valence-electron chi connectivity index (χ1n) is 17.1. The first-order valence-corrected chi connectivity index (χ1v) is 17.1. The molecule has 260 valence electrons. The second kappa shape index (κ2) is 12.1. The minimum atomic E-state index is -3.12. The summed E-state index contributed by atoms with van der Waals surface area (Å²) in [7, 11) is 0. The first kappa shape index (κ1) is 34.3. The number of aliphatic hydroxyl groups is 12. The SMILES string of the molecule is CC1C2CCC(OC(O)CC3CCCC4CCCCC43)C(O)C2C(O)C2C(O)C3(O)C(O)C(C(O)O)C(O)CC3(O)C(O)C12O. The maximum absolute atomic E-state index is 12.1. The largest absolute Gasteiger partial charge is 0.392 e. The van der Waals surface area contributed by atoms with E-state index in [4.69, 9.17) is 4.74 Å². The fraction of sp³-hybridized carbons (Fsp3) is 1.00. The van der Waals surface area contributed by atoms with Gasteiger partial charge in [-0.1, -0.05) is 39.0 Å². The highest BCUT2D eigenvalue weighted by molar-refractivity contribution is 5.30. The number of ether oxygens (including phenoxy) is 1. The summed E-state index contributed by atoms with van der Waals surface area (Å²) in [4.78, 5) is 0. The molecule has 0 bridgehead atoms. The van der Waals surface area contributed by atoms with Crippen LogP contribution in [-0.2, 0) is 4.74 Å². The molecule has 0 aromatic rings. The van der Waals surface area contributed by atoms with Gasteiger partial charge < -0.3 is 66.0 Å². The smallest absolute Gasteiger partial charge is 0.159 e. The number of hydrogen-bond acceptors (Lipinski definition) is 13. The van der Waals surface area contributed by atoms with Crippen molar-refractivity contribution < 1.29 is 66.0 Å². The molecule has 6 saturated carbocycles. The van der Waals surface area contributed by atoms with Crippen LogP contribution in [0, 0.1) is 47.3 Å². The van der Waals surface area contributed by atoms with E-state index in [1.165, 1.54) is 25.7 Å². The van der Waals surface area contributed by atoms with Crippen molar-refractivity contribution in [2.24, 2.45) is 47.3 Å². The standard InChI is InChI=1S/C32H54O13/c1-13-16-9-10-19(45-20(34)11-15-7-4-6-14-5-2-3-8-17(14)15)24(35)21(16)25(36)23-27(38)32(44)26(37)22(28(39)40)18(33)12-30(32,42)29(41)31(13,23)43/h13-29,33-44H,2-12H2,1H3. The second-order valence-corrected chi connectivity index (χ2v) is 15.6. The molecule has 13 nitrogen and oxygen atoms in total. The van der Waals surface area contributed by atoms with E-state index in [9.17, 15) is 61.3 Å². The van der Waals surface area contributed by atoms with Crippen LogP contribution in [0.4, 0.5) is 0 Å². The molecule has 13 heteroatoms. The number of rotatable bonds is 5. The molecule has 0 saturated heterocycles. The van der Waals surface area contributed by atoms with Crippen LogP contribution >= 0.6 is 0 Å². The Morgan fingerprint density at radius 1 is 0.756 bits per heavy atom. The van der Waals surface area contributed by atoms with Gasteiger partial charge in [-0.15, -0.1) is 0 Å². The molecular weight excluding hydrogens is 592 g/mol. The lowest BCUT2D eigenvalue weighted by molar-refractivity contribution is -0.410. The van der Waals surface area contributed by atoms with Crippen molar-refractivity contribution in [2.75, 3.05) is 0 Å². The lowest BCUT2D eigenvalue weighted by Crippen LogP contribution is -2.89. The minimum Gasteiger partial charge on any atom is -0.392 e. The third kappa shape index (κ3) is 4.91. The van der Waals surface area contributed by atoms with E-state index in [0.29, 0.717) is 30.6 Å². The van der Waals surface area contributed by atoms with Crippen molar-refractivity contribution in [2.45, 2.75) is 150 Å². The van der Waals surface area contributed by atoms with Gasteiger partial charge >= 0.3 is 0 Å². The Kier molecular flexibility index (Phi) is 9.25. The zero-order valence-corrected chi connectivity index (χ0v) is 25.9. The quantitative estimate of drug-likeness (QED) is 0.140. The second-order valence-electron chi connectivity index (χ2n) is 15.6. The van der Waals surface area contributed by atoms with E-state index in [0.717, 1.165) is 19.3 Å². The van der Waals surface area contributed by atoms with Gasteiger partial charge in [-0.2, -0.15) is 0 Å². The van der Waals surface area contributed by atoms with Crippen LogP contribution < -0.4 is 0 Å². The normalized spacial score (nSPS) is 57.3. The Bertz CT molecular complexity index is 1060. The Labute approximate surface area is 263 Å². The molecule has 0 radical (unpaired) electrons. The molecule has 0 spiro atoms. The third-order valence-electron chi connectivity index (χ3n) is 13.8. The van der Waals surface area contributed by atoms with Crippen molar-refractivity contribution in [1.82, 2.24) is 0 Å². The first-order chi connectivity index (χ1) is 21.1. The summed E-state index contributed by atoms with van der Waals surface area (Å²) in [5.41, 5.74) is -8.48. The fourth-order valence-electron chi connectivity index (χ4n) is 11.5.